The van der Waals surface area contributed by atoms with Crippen molar-refractivity contribution in [3.05, 3.63) is 24.3 Å². The van der Waals surface area contributed by atoms with Crippen molar-refractivity contribution in [1.29, 1.82) is 0 Å². The van der Waals surface area contributed by atoms with Gasteiger partial charge < -0.3 is 10.1 Å². The average Bonchev–Trinajstić information content (AvgIpc) is 2.61. The van der Waals surface area contributed by atoms with E-state index in [1.54, 1.807) is 6.92 Å². The summed E-state index contributed by atoms with van der Waals surface area (Å²) >= 11 is 5.70. The van der Waals surface area contributed by atoms with Gasteiger partial charge in [0.2, 0.25) is 0 Å². The molecule has 0 radical (unpaired) electrons. The van der Waals surface area contributed by atoms with Crippen LogP contribution < -0.4 is 5.32 Å². The fourth-order valence-electron chi connectivity index (χ4n) is 1.86. The van der Waals surface area contributed by atoms with Crippen LogP contribution in [0.5, 0.6) is 0 Å². The Morgan fingerprint density at radius 3 is 2.94 bits per heavy atom. The number of halogens is 1. The number of nitrogens with one attached hydrogen (secondary N) is 1. The minimum atomic E-state index is -0.299. The van der Waals surface area contributed by atoms with Crippen LogP contribution in [0.3, 0.4) is 0 Å². The lowest BCUT2D eigenvalue weighted by Crippen LogP contribution is -2.37. The number of allylic oxidation sites excluding steroid dienone is 1. The Kier molecular flexibility index (Phi) is 5.03. The first-order valence-corrected chi connectivity index (χ1v) is 5.93. The fourth-order valence-corrected chi connectivity index (χ4v) is 1.97. The molecule has 1 aliphatic rings. The largest absolute Gasteiger partial charge is 0.465 e. The lowest BCUT2D eigenvalue weighted by molar-refractivity contribution is -0.146. The predicted molar refractivity (Wildman–Crippen MR) is 65.5 cm³/mol. The van der Waals surface area contributed by atoms with Gasteiger partial charge in [0.25, 0.3) is 0 Å². The zero-order chi connectivity index (χ0) is 12.1. The summed E-state index contributed by atoms with van der Waals surface area (Å²) < 4.78 is 5.01. The first-order valence-electron chi connectivity index (χ1n) is 5.40. The van der Waals surface area contributed by atoms with Crippen molar-refractivity contribution in [1.82, 2.24) is 5.32 Å². The van der Waals surface area contributed by atoms with Gasteiger partial charge in [0.1, 0.15) is 6.04 Å². The van der Waals surface area contributed by atoms with E-state index in [1.165, 1.54) is 0 Å². The molecule has 1 N–H and O–H groups in total. The Balaban J connectivity index is 2.66. The molecule has 0 saturated carbocycles. The van der Waals surface area contributed by atoms with E-state index in [4.69, 9.17) is 16.3 Å². The van der Waals surface area contributed by atoms with Gasteiger partial charge in [-0.3, -0.25) is 4.79 Å². The molecule has 0 aromatic carbocycles. The molecule has 1 heterocycles. The molecule has 0 aliphatic carbocycles. The van der Waals surface area contributed by atoms with Crippen LogP contribution in [-0.4, -0.2) is 31.0 Å². The van der Waals surface area contributed by atoms with Gasteiger partial charge in [0.05, 0.1) is 6.61 Å². The zero-order valence-electron chi connectivity index (χ0n) is 9.59. The highest BCUT2D eigenvalue weighted by atomic mass is 35.5. The molecule has 0 aromatic heterocycles. The Bertz CT molecular complexity index is 301. The predicted octanol–water partition coefficient (Wildman–Crippen LogP) is 1.88. The Morgan fingerprint density at radius 1 is 1.69 bits per heavy atom. The van der Waals surface area contributed by atoms with Gasteiger partial charge in [0.15, 0.2) is 0 Å². The van der Waals surface area contributed by atoms with Gasteiger partial charge in [-0.25, -0.2) is 0 Å². The molecule has 0 aromatic rings. The summed E-state index contributed by atoms with van der Waals surface area (Å²) in [5.74, 6) is 0.262. The second-order valence-electron chi connectivity index (χ2n) is 3.96. The third-order valence-corrected chi connectivity index (χ3v) is 3.09. The van der Waals surface area contributed by atoms with E-state index in [0.717, 1.165) is 11.1 Å². The van der Waals surface area contributed by atoms with Gasteiger partial charge in [0, 0.05) is 18.3 Å². The van der Waals surface area contributed by atoms with Crippen LogP contribution in [-0.2, 0) is 9.53 Å². The minimum absolute atomic E-state index is 0.0605. The first kappa shape index (κ1) is 13.3. The van der Waals surface area contributed by atoms with E-state index in [1.807, 2.05) is 0 Å². The molecule has 16 heavy (non-hydrogen) atoms. The van der Waals surface area contributed by atoms with Crippen molar-refractivity contribution in [3.63, 3.8) is 0 Å². The number of carbonyl (C=O) groups excluding carboxylic acids is 1. The molecule has 1 rings (SSSR count). The van der Waals surface area contributed by atoms with Crippen LogP contribution in [0.2, 0.25) is 0 Å². The maximum absolute atomic E-state index is 11.7. The smallest absolute Gasteiger partial charge is 0.323 e. The topological polar surface area (TPSA) is 38.3 Å². The van der Waals surface area contributed by atoms with Crippen LogP contribution in [0, 0.1) is 5.92 Å². The molecule has 2 atom stereocenters. The molecule has 1 aliphatic heterocycles. The molecule has 0 spiro atoms. The summed E-state index contributed by atoms with van der Waals surface area (Å²) in [7, 11) is 0. The molecule has 4 heteroatoms. The third kappa shape index (κ3) is 3.09. The number of carbonyl (C=O) groups is 1. The SMILES string of the molecule is C=C(CCl)CC1C(=C)CNC1C(=O)OCC. The molecule has 90 valence electrons. The van der Waals surface area contributed by atoms with Crippen LogP contribution >= 0.6 is 11.6 Å². The van der Waals surface area contributed by atoms with E-state index in [0.29, 0.717) is 25.5 Å². The summed E-state index contributed by atoms with van der Waals surface area (Å²) in [4.78, 5) is 11.7. The number of esters is 1. The van der Waals surface area contributed by atoms with Gasteiger partial charge in [-0.15, -0.1) is 11.6 Å². The van der Waals surface area contributed by atoms with Crippen molar-refractivity contribution >= 4 is 17.6 Å². The molecular weight excluding hydrogens is 226 g/mol. The lowest BCUT2D eigenvalue weighted by Gasteiger charge is -2.18. The van der Waals surface area contributed by atoms with Crippen LogP contribution in [0.25, 0.3) is 0 Å². The number of alkyl halides is 1. The van der Waals surface area contributed by atoms with Gasteiger partial charge in [-0.1, -0.05) is 24.3 Å². The molecule has 0 amide bonds. The first-order chi connectivity index (χ1) is 7.60. The van der Waals surface area contributed by atoms with Crippen molar-refractivity contribution in [2.75, 3.05) is 19.0 Å². The Hall–Kier alpha value is -0.800. The van der Waals surface area contributed by atoms with Crippen molar-refractivity contribution in [2.24, 2.45) is 5.92 Å². The number of rotatable bonds is 5. The van der Waals surface area contributed by atoms with Crippen LogP contribution in [0.1, 0.15) is 13.3 Å². The van der Waals surface area contributed by atoms with Crippen LogP contribution in [0.4, 0.5) is 0 Å². The van der Waals surface area contributed by atoms with Gasteiger partial charge in [-0.2, -0.15) is 0 Å². The summed E-state index contributed by atoms with van der Waals surface area (Å²) in [6.45, 7) is 10.7. The fraction of sp³-hybridized carbons (Fsp3) is 0.583. The second kappa shape index (κ2) is 6.06. The van der Waals surface area contributed by atoms with Crippen molar-refractivity contribution < 1.29 is 9.53 Å². The van der Waals surface area contributed by atoms with Gasteiger partial charge >= 0.3 is 5.97 Å². The summed E-state index contributed by atoms with van der Waals surface area (Å²) in [6, 6.07) is -0.299. The molecular formula is C12H18ClNO2. The number of hydrogen-bond acceptors (Lipinski definition) is 3. The maximum Gasteiger partial charge on any atom is 0.323 e. The highest BCUT2D eigenvalue weighted by Crippen LogP contribution is 2.27. The van der Waals surface area contributed by atoms with E-state index in [9.17, 15) is 4.79 Å². The van der Waals surface area contributed by atoms with Crippen LogP contribution in [0.15, 0.2) is 24.3 Å². The zero-order valence-corrected chi connectivity index (χ0v) is 10.3. The monoisotopic (exact) mass is 243 g/mol. The van der Waals surface area contributed by atoms with E-state index in [-0.39, 0.29) is 17.9 Å². The van der Waals surface area contributed by atoms with E-state index in [2.05, 4.69) is 18.5 Å². The quantitative estimate of drug-likeness (QED) is 0.455. The summed E-state index contributed by atoms with van der Waals surface area (Å²) in [6.07, 6.45) is 0.693. The average molecular weight is 244 g/mol. The highest BCUT2D eigenvalue weighted by Gasteiger charge is 2.36. The summed E-state index contributed by atoms with van der Waals surface area (Å²) in [5.41, 5.74) is 1.94. The molecule has 1 fully saturated rings. The summed E-state index contributed by atoms with van der Waals surface area (Å²) in [5, 5.41) is 3.11. The standard InChI is InChI=1S/C12H18ClNO2/c1-4-16-12(15)11-10(5-8(2)6-13)9(3)7-14-11/h10-11,14H,2-7H2,1H3. The van der Waals surface area contributed by atoms with E-state index >= 15 is 0 Å². The van der Waals surface area contributed by atoms with Crippen molar-refractivity contribution in [3.8, 4) is 0 Å². The molecule has 3 nitrogen and oxygen atoms in total. The van der Waals surface area contributed by atoms with E-state index < -0.39 is 0 Å². The number of hydrogen-bond donors (Lipinski definition) is 1. The van der Waals surface area contributed by atoms with Gasteiger partial charge in [-0.05, 0) is 13.3 Å². The molecule has 1 saturated heterocycles. The normalized spacial score (nSPS) is 24.5. The maximum atomic E-state index is 11.7. The number of ether oxygens (including phenoxy) is 1. The second-order valence-corrected chi connectivity index (χ2v) is 4.23. The van der Waals surface area contributed by atoms with Crippen molar-refractivity contribution in [2.45, 2.75) is 19.4 Å². The third-order valence-electron chi connectivity index (χ3n) is 2.71. The lowest BCUT2D eigenvalue weighted by atomic mass is 9.90. The molecule has 0 bridgehead atoms. The minimum Gasteiger partial charge on any atom is -0.465 e. The Morgan fingerprint density at radius 2 is 2.38 bits per heavy atom. The highest BCUT2D eigenvalue weighted by molar-refractivity contribution is 6.19. The Labute approximate surface area is 101 Å². The molecule has 2 unspecified atom stereocenters.